The van der Waals surface area contributed by atoms with Crippen molar-refractivity contribution in [2.75, 3.05) is 36.8 Å². The molecular formula is C42H42F2N4O3. The van der Waals surface area contributed by atoms with Gasteiger partial charge in [-0.2, -0.15) is 0 Å². The Bertz CT molecular complexity index is 1890. The van der Waals surface area contributed by atoms with E-state index in [1.54, 1.807) is 12.2 Å². The molecule has 2 saturated heterocycles. The fraction of sp³-hybridized carbons (Fsp3) is 0.262. The molecule has 0 aliphatic carbocycles. The van der Waals surface area contributed by atoms with E-state index in [1.807, 2.05) is 66.7 Å². The van der Waals surface area contributed by atoms with Crippen LogP contribution >= 0.6 is 0 Å². The first-order chi connectivity index (χ1) is 24.8. The number of rotatable bonds is 3. The first-order valence-electron chi connectivity index (χ1n) is 17.4. The molecule has 2 fully saturated rings. The Kier molecular flexibility index (Phi) is 11.3. The summed E-state index contributed by atoms with van der Waals surface area (Å²) in [6, 6.07) is 27.6. The first-order valence-corrected chi connectivity index (χ1v) is 17.4. The lowest BCUT2D eigenvalue weighted by molar-refractivity contribution is 0.103. The monoisotopic (exact) mass is 688 g/mol. The maximum atomic E-state index is 13.0. The summed E-state index contributed by atoms with van der Waals surface area (Å²) in [5.41, 5.74) is 4.81. The summed E-state index contributed by atoms with van der Waals surface area (Å²) in [6.07, 6.45) is 12.1. The van der Waals surface area contributed by atoms with Crippen LogP contribution in [0.3, 0.4) is 0 Å². The number of hydrogen-bond acceptors (Lipinski definition) is 7. The lowest BCUT2D eigenvalue weighted by Gasteiger charge is -2.41. The summed E-state index contributed by atoms with van der Waals surface area (Å²) < 4.78 is 25.1. The topological polar surface area (TPSA) is 90.5 Å². The van der Waals surface area contributed by atoms with Gasteiger partial charge in [0.2, 0.25) is 0 Å². The molecule has 262 valence electrons. The van der Waals surface area contributed by atoms with Crippen LogP contribution in [0.15, 0.2) is 121 Å². The minimum absolute atomic E-state index is 0.0481. The van der Waals surface area contributed by atoms with E-state index in [9.17, 15) is 23.2 Å². The third kappa shape index (κ3) is 9.11. The zero-order valence-electron chi connectivity index (χ0n) is 28.4. The van der Waals surface area contributed by atoms with E-state index in [2.05, 4.69) is 26.9 Å². The normalized spacial score (nSPS) is 18.3. The molecule has 0 aromatic heterocycles. The molecule has 2 spiro atoms. The number of fused-ring (bicyclic) bond motifs is 2. The van der Waals surface area contributed by atoms with E-state index < -0.39 is 0 Å². The Morgan fingerprint density at radius 1 is 0.627 bits per heavy atom. The number of ketones is 2. The molecule has 4 aromatic rings. The Morgan fingerprint density at radius 2 is 1.10 bits per heavy atom. The molecule has 8 rings (SSSR count). The van der Waals surface area contributed by atoms with Gasteiger partial charge in [0.1, 0.15) is 17.9 Å². The van der Waals surface area contributed by atoms with Gasteiger partial charge in [-0.05, 0) is 117 Å². The number of piperidine rings is 2. The zero-order valence-corrected chi connectivity index (χ0v) is 28.4. The number of nitrogens with one attached hydrogen (secondary N) is 3. The summed E-state index contributed by atoms with van der Waals surface area (Å²) in [5.74, 6) is -0.352. The fourth-order valence-corrected chi connectivity index (χ4v) is 6.84. The van der Waals surface area contributed by atoms with Crippen molar-refractivity contribution < 1.29 is 23.2 Å². The highest BCUT2D eigenvalue weighted by Gasteiger charge is 2.35. The number of aldehydes is 1. The predicted octanol–water partition coefficient (Wildman–Crippen LogP) is 7.64. The van der Waals surface area contributed by atoms with Gasteiger partial charge in [-0.1, -0.05) is 48.6 Å². The van der Waals surface area contributed by atoms with Crippen molar-refractivity contribution in [2.45, 2.75) is 43.3 Å². The van der Waals surface area contributed by atoms with E-state index >= 15 is 0 Å². The predicted molar refractivity (Wildman–Crippen MR) is 197 cm³/mol. The average Bonchev–Trinajstić information content (AvgIpc) is 3.38. The number of hydrogen-bond donors (Lipinski definition) is 3. The molecular weight excluding hydrogens is 646 g/mol. The van der Waals surface area contributed by atoms with Gasteiger partial charge in [0.15, 0.2) is 11.6 Å². The lowest BCUT2D eigenvalue weighted by Crippen LogP contribution is -2.47. The largest absolute Gasteiger partial charge is 0.375 e. The minimum atomic E-state index is -0.319. The molecule has 9 heteroatoms. The van der Waals surface area contributed by atoms with Crippen LogP contribution in [0.2, 0.25) is 0 Å². The molecule has 3 N–H and O–H groups in total. The van der Waals surface area contributed by atoms with Crippen LogP contribution in [0.5, 0.6) is 0 Å². The summed E-state index contributed by atoms with van der Waals surface area (Å²) in [4.78, 5) is 36.7. The SMILES string of the molecule is O=C1C=CC2(CCN(Cc3ccc(F)cc3)CC2)Nc2ccccc21.O=C1C=CC2(CCNCC2)Nc2ccccc21.O=Cc1ccc(F)cc1. The number of halogens is 2. The van der Waals surface area contributed by atoms with Gasteiger partial charge in [-0.3, -0.25) is 19.3 Å². The van der Waals surface area contributed by atoms with Crippen molar-refractivity contribution >= 4 is 29.2 Å². The highest BCUT2D eigenvalue weighted by atomic mass is 19.1. The van der Waals surface area contributed by atoms with Gasteiger partial charge in [0.05, 0.1) is 11.1 Å². The molecule has 7 nitrogen and oxygen atoms in total. The van der Waals surface area contributed by atoms with Crippen LogP contribution in [-0.4, -0.2) is 60.0 Å². The highest BCUT2D eigenvalue weighted by molar-refractivity contribution is 6.10. The summed E-state index contributed by atoms with van der Waals surface area (Å²) in [5, 5.41) is 10.5. The minimum Gasteiger partial charge on any atom is -0.375 e. The molecule has 0 amide bonds. The molecule has 4 aliphatic heterocycles. The Balaban J connectivity index is 0.000000148. The first kappa shape index (κ1) is 35.6. The quantitative estimate of drug-likeness (QED) is 0.191. The van der Waals surface area contributed by atoms with Crippen LogP contribution in [0, 0.1) is 11.6 Å². The number of anilines is 2. The number of carbonyl (C=O) groups excluding carboxylic acids is 3. The second-order valence-electron chi connectivity index (χ2n) is 13.4. The van der Waals surface area contributed by atoms with Crippen molar-refractivity contribution in [1.29, 1.82) is 0 Å². The summed E-state index contributed by atoms with van der Waals surface area (Å²) >= 11 is 0. The van der Waals surface area contributed by atoms with Gasteiger partial charge < -0.3 is 16.0 Å². The summed E-state index contributed by atoms with van der Waals surface area (Å²) in [6.45, 7) is 4.69. The fourth-order valence-electron chi connectivity index (χ4n) is 6.84. The molecule has 4 aliphatic rings. The van der Waals surface area contributed by atoms with Crippen LogP contribution in [-0.2, 0) is 6.54 Å². The molecule has 0 unspecified atom stereocenters. The van der Waals surface area contributed by atoms with Crippen LogP contribution in [0.25, 0.3) is 0 Å². The van der Waals surface area contributed by atoms with E-state index in [4.69, 9.17) is 0 Å². The van der Waals surface area contributed by atoms with Crippen molar-refractivity contribution in [2.24, 2.45) is 0 Å². The number of benzene rings is 4. The maximum Gasteiger partial charge on any atom is 0.187 e. The number of allylic oxidation sites excluding steroid dienone is 2. The molecule has 0 atom stereocenters. The van der Waals surface area contributed by atoms with E-state index in [0.29, 0.717) is 11.8 Å². The number of para-hydroxylation sites is 2. The van der Waals surface area contributed by atoms with Gasteiger partial charge in [-0.25, -0.2) is 8.78 Å². The number of nitrogens with zero attached hydrogens (tertiary/aromatic N) is 1. The van der Waals surface area contributed by atoms with Crippen molar-refractivity contribution in [3.63, 3.8) is 0 Å². The van der Waals surface area contributed by atoms with Crippen molar-refractivity contribution in [1.82, 2.24) is 10.2 Å². The molecule has 51 heavy (non-hydrogen) atoms. The standard InChI is InChI=1S/C21H21FN2O.C14H16N2O.C7H5FO/c22-17-7-5-16(6-8-17)15-24-13-11-21(12-14-24)10-9-20(25)18-3-1-2-4-19(18)23-21;17-13-5-6-14(7-9-15-10-8-14)16-12-4-2-1-3-11(12)13;8-7-3-1-6(5-9)2-4-7/h1-10,23H,11-15H2;1-6,15-16H,7-10H2;1-5H. The Hall–Kier alpha value is -5.25. The van der Waals surface area contributed by atoms with Crippen LogP contribution in [0.1, 0.15) is 62.3 Å². The average molecular weight is 689 g/mol. The van der Waals surface area contributed by atoms with E-state index in [0.717, 1.165) is 86.5 Å². The van der Waals surface area contributed by atoms with E-state index in [-0.39, 0.29) is 34.3 Å². The van der Waals surface area contributed by atoms with E-state index in [1.165, 1.54) is 36.4 Å². The van der Waals surface area contributed by atoms with Crippen molar-refractivity contribution in [3.05, 3.63) is 155 Å². The second kappa shape index (κ2) is 16.2. The smallest absolute Gasteiger partial charge is 0.187 e. The second-order valence-corrected chi connectivity index (χ2v) is 13.4. The summed E-state index contributed by atoms with van der Waals surface area (Å²) in [7, 11) is 0. The molecule has 0 saturated carbocycles. The third-order valence-corrected chi connectivity index (χ3v) is 9.83. The Labute approximate surface area is 297 Å². The van der Waals surface area contributed by atoms with Gasteiger partial charge in [-0.15, -0.1) is 0 Å². The van der Waals surface area contributed by atoms with Gasteiger partial charge >= 0.3 is 0 Å². The molecule has 4 aromatic carbocycles. The highest BCUT2D eigenvalue weighted by Crippen LogP contribution is 2.34. The number of carbonyl (C=O) groups is 3. The molecule has 0 bridgehead atoms. The van der Waals surface area contributed by atoms with Crippen LogP contribution < -0.4 is 16.0 Å². The molecule has 0 radical (unpaired) electrons. The van der Waals surface area contributed by atoms with Gasteiger partial charge in [0.25, 0.3) is 0 Å². The third-order valence-electron chi connectivity index (χ3n) is 9.83. The maximum absolute atomic E-state index is 13.0. The molecule has 4 heterocycles. The van der Waals surface area contributed by atoms with Gasteiger partial charge in [0, 0.05) is 47.7 Å². The van der Waals surface area contributed by atoms with Crippen molar-refractivity contribution in [3.8, 4) is 0 Å². The lowest BCUT2D eigenvalue weighted by atomic mass is 9.86. The Morgan fingerprint density at radius 3 is 1.61 bits per heavy atom. The zero-order chi connectivity index (χ0) is 35.7. The van der Waals surface area contributed by atoms with Crippen LogP contribution in [0.4, 0.5) is 20.2 Å². The number of likely N-dealkylation sites (tertiary alicyclic amines) is 1.